The molecule has 0 fully saturated rings. The molecule has 0 radical (unpaired) electrons. The van der Waals surface area contributed by atoms with Gasteiger partial charge in [-0.25, -0.2) is 9.78 Å². The number of alkyl halides is 3. The maximum absolute atomic E-state index is 12.1. The number of halogens is 3. The molecule has 1 aromatic carbocycles. The number of hydrogen-bond acceptors (Lipinski definition) is 6. The summed E-state index contributed by atoms with van der Waals surface area (Å²) in [7, 11) is 0. The van der Waals surface area contributed by atoms with Crippen LogP contribution in [0.1, 0.15) is 21.7 Å². The molecule has 0 amide bonds. The molecule has 10 heteroatoms. The van der Waals surface area contributed by atoms with Gasteiger partial charge in [-0.15, -0.1) is 24.5 Å². The summed E-state index contributed by atoms with van der Waals surface area (Å²) in [5.41, 5.74) is 0.798. The Kier molecular flexibility index (Phi) is 4.68. The van der Waals surface area contributed by atoms with E-state index >= 15 is 0 Å². The third-order valence-electron chi connectivity index (χ3n) is 3.30. The summed E-state index contributed by atoms with van der Waals surface area (Å²) in [5.74, 6) is -1.20. The van der Waals surface area contributed by atoms with Gasteiger partial charge in [0.05, 0.1) is 11.3 Å². The Balaban J connectivity index is 1.68. The summed E-state index contributed by atoms with van der Waals surface area (Å²) >= 11 is 1.28. The van der Waals surface area contributed by atoms with Crippen molar-refractivity contribution in [3.05, 3.63) is 63.0 Å². The highest BCUT2D eigenvalue weighted by molar-refractivity contribution is 7.15. The molecule has 2 heterocycles. The first-order valence-corrected chi connectivity index (χ1v) is 8.10. The van der Waals surface area contributed by atoms with Crippen LogP contribution < -0.4 is 10.3 Å². The maximum Gasteiger partial charge on any atom is 0.573 e. The van der Waals surface area contributed by atoms with Gasteiger partial charge in [0.15, 0.2) is 4.96 Å². The molecular weight excluding hydrogens is 373 g/mol. The first-order valence-electron chi connectivity index (χ1n) is 7.23. The van der Waals surface area contributed by atoms with Gasteiger partial charge >= 0.3 is 12.3 Å². The van der Waals surface area contributed by atoms with Gasteiger partial charge in [0.2, 0.25) is 0 Å². The number of hydrogen-bond donors (Lipinski definition) is 0. The van der Waals surface area contributed by atoms with Gasteiger partial charge in [-0.2, -0.15) is 0 Å². The predicted octanol–water partition coefficient (Wildman–Crippen LogP) is 3.32. The Morgan fingerprint density at radius 3 is 2.62 bits per heavy atom. The second-order valence-corrected chi connectivity index (χ2v) is 6.07. The molecule has 0 bridgehead atoms. The van der Waals surface area contributed by atoms with Crippen LogP contribution in [0.15, 0.2) is 40.5 Å². The standard InChI is InChI=1S/C16H11F3N2O4S/c1-9-8-26-15-20-11(6-13(22)21(9)15)7-24-14(23)10-2-4-12(5-3-10)25-16(17,18)19/h2-6,8H,7H2,1H3. The molecule has 2 aromatic heterocycles. The van der Waals surface area contributed by atoms with E-state index in [1.54, 1.807) is 12.3 Å². The summed E-state index contributed by atoms with van der Waals surface area (Å²) < 4.78 is 46.5. The van der Waals surface area contributed by atoms with Crippen LogP contribution in [-0.2, 0) is 11.3 Å². The molecule has 26 heavy (non-hydrogen) atoms. The quantitative estimate of drug-likeness (QED) is 0.646. The Morgan fingerprint density at radius 2 is 1.96 bits per heavy atom. The van der Waals surface area contributed by atoms with E-state index in [1.165, 1.54) is 21.8 Å². The van der Waals surface area contributed by atoms with E-state index in [0.717, 1.165) is 30.0 Å². The fourth-order valence-corrected chi connectivity index (χ4v) is 3.08. The third kappa shape index (κ3) is 4.02. The average molecular weight is 384 g/mol. The molecule has 0 aliphatic carbocycles. The van der Waals surface area contributed by atoms with Crippen molar-refractivity contribution < 1.29 is 27.4 Å². The topological polar surface area (TPSA) is 69.9 Å². The minimum Gasteiger partial charge on any atom is -0.456 e. The first kappa shape index (κ1) is 17.9. The van der Waals surface area contributed by atoms with Crippen molar-refractivity contribution in [2.75, 3.05) is 0 Å². The van der Waals surface area contributed by atoms with Crippen molar-refractivity contribution in [3.8, 4) is 5.75 Å². The number of carbonyl (C=O) groups excluding carboxylic acids is 1. The summed E-state index contributed by atoms with van der Waals surface area (Å²) in [5, 5.41) is 1.78. The van der Waals surface area contributed by atoms with E-state index in [2.05, 4.69) is 9.72 Å². The van der Waals surface area contributed by atoms with E-state index < -0.39 is 18.1 Å². The molecule has 0 aliphatic rings. The first-order chi connectivity index (χ1) is 12.2. The second-order valence-electron chi connectivity index (χ2n) is 5.23. The van der Waals surface area contributed by atoms with E-state index in [9.17, 15) is 22.8 Å². The highest BCUT2D eigenvalue weighted by atomic mass is 32.1. The number of aryl methyl sites for hydroxylation is 1. The predicted molar refractivity (Wildman–Crippen MR) is 86.3 cm³/mol. The normalized spacial score (nSPS) is 11.5. The summed E-state index contributed by atoms with van der Waals surface area (Å²) in [6.45, 7) is 1.54. The zero-order chi connectivity index (χ0) is 18.9. The van der Waals surface area contributed by atoms with Gasteiger partial charge in [-0.1, -0.05) is 0 Å². The molecule has 6 nitrogen and oxygen atoms in total. The van der Waals surface area contributed by atoms with Gasteiger partial charge in [-0.05, 0) is 31.2 Å². The Morgan fingerprint density at radius 1 is 1.27 bits per heavy atom. The number of benzene rings is 1. The molecule has 0 N–H and O–H groups in total. The molecule has 0 unspecified atom stereocenters. The van der Waals surface area contributed by atoms with Crippen LogP contribution in [0, 0.1) is 6.92 Å². The maximum atomic E-state index is 12.1. The Hall–Kier alpha value is -2.88. The number of ether oxygens (including phenoxy) is 2. The van der Waals surface area contributed by atoms with Gasteiger partial charge in [0.25, 0.3) is 5.56 Å². The van der Waals surface area contributed by atoms with Crippen LogP contribution in [0.2, 0.25) is 0 Å². The third-order valence-corrected chi connectivity index (χ3v) is 4.25. The number of carbonyl (C=O) groups is 1. The molecule has 0 saturated carbocycles. The molecular formula is C16H11F3N2O4S. The van der Waals surface area contributed by atoms with Crippen LogP contribution in [0.4, 0.5) is 13.2 Å². The lowest BCUT2D eigenvalue weighted by Gasteiger charge is -2.09. The van der Waals surface area contributed by atoms with E-state index in [-0.39, 0.29) is 23.4 Å². The van der Waals surface area contributed by atoms with Crippen molar-refractivity contribution in [2.45, 2.75) is 19.9 Å². The lowest BCUT2D eigenvalue weighted by Crippen LogP contribution is -2.17. The largest absolute Gasteiger partial charge is 0.573 e. The van der Waals surface area contributed by atoms with Crippen LogP contribution in [0.3, 0.4) is 0 Å². The lowest BCUT2D eigenvalue weighted by atomic mass is 10.2. The highest BCUT2D eigenvalue weighted by Gasteiger charge is 2.31. The fraction of sp³-hybridized carbons (Fsp3) is 0.188. The van der Waals surface area contributed by atoms with Crippen LogP contribution >= 0.6 is 11.3 Å². The van der Waals surface area contributed by atoms with Crippen LogP contribution in [-0.4, -0.2) is 21.7 Å². The minimum atomic E-state index is -4.81. The lowest BCUT2D eigenvalue weighted by molar-refractivity contribution is -0.274. The van der Waals surface area contributed by atoms with Gasteiger partial charge < -0.3 is 9.47 Å². The number of nitrogens with zero attached hydrogens (tertiary/aromatic N) is 2. The average Bonchev–Trinajstić information content (AvgIpc) is 2.93. The highest BCUT2D eigenvalue weighted by Crippen LogP contribution is 2.23. The van der Waals surface area contributed by atoms with Crippen molar-refractivity contribution in [3.63, 3.8) is 0 Å². The number of aromatic nitrogens is 2. The fourth-order valence-electron chi connectivity index (χ4n) is 2.19. The van der Waals surface area contributed by atoms with Crippen molar-refractivity contribution >= 4 is 22.3 Å². The van der Waals surface area contributed by atoms with Gasteiger partial charge in [0.1, 0.15) is 12.4 Å². The Labute approximate surface area is 148 Å². The van der Waals surface area contributed by atoms with Gasteiger partial charge in [0, 0.05) is 17.1 Å². The zero-order valence-corrected chi connectivity index (χ0v) is 14.1. The zero-order valence-electron chi connectivity index (χ0n) is 13.2. The molecule has 0 spiro atoms. The molecule has 0 saturated heterocycles. The second kappa shape index (κ2) is 6.79. The van der Waals surface area contributed by atoms with E-state index in [1.807, 2.05) is 0 Å². The van der Waals surface area contributed by atoms with Crippen molar-refractivity contribution in [2.24, 2.45) is 0 Å². The molecule has 0 atom stereocenters. The molecule has 3 aromatic rings. The van der Waals surface area contributed by atoms with Crippen LogP contribution in [0.5, 0.6) is 5.75 Å². The number of rotatable bonds is 4. The van der Waals surface area contributed by atoms with Gasteiger partial charge in [-0.3, -0.25) is 9.20 Å². The number of esters is 1. The SMILES string of the molecule is Cc1csc2nc(COC(=O)c3ccc(OC(F)(F)F)cc3)cc(=O)n12. The van der Waals surface area contributed by atoms with E-state index in [0.29, 0.717) is 4.96 Å². The molecule has 3 rings (SSSR count). The summed E-state index contributed by atoms with van der Waals surface area (Å²) in [6, 6.07) is 5.58. The van der Waals surface area contributed by atoms with Crippen molar-refractivity contribution in [1.82, 2.24) is 9.38 Å². The van der Waals surface area contributed by atoms with Crippen LogP contribution in [0.25, 0.3) is 4.96 Å². The number of fused-ring (bicyclic) bond motifs is 1. The summed E-state index contributed by atoms with van der Waals surface area (Å²) in [6.07, 6.45) is -4.81. The smallest absolute Gasteiger partial charge is 0.456 e. The monoisotopic (exact) mass is 384 g/mol. The number of thiazole rings is 1. The summed E-state index contributed by atoms with van der Waals surface area (Å²) in [4.78, 5) is 28.7. The molecule has 0 aliphatic heterocycles. The van der Waals surface area contributed by atoms with Crippen molar-refractivity contribution in [1.29, 1.82) is 0 Å². The van der Waals surface area contributed by atoms with E-state index in [4.69, 9.17) is 4.74 Å². The Bertz CT molecular complexity index is 1010. The minimum absolute atomic E-state index is 0.0456. The molecule has 136 valence electrons.